The van der Waals surface area contributed by atoms with Crippen LogP contribution < -0.4 is 10.6 Å². The van der Waals surface area contributed by atoms with Gasteiger partial charge in [-0.25, -0.2) is 0 Å². The minimum Gasteiger partial charge on any atom is -0.315 e. The molecule has 74 valence electrons. The van der Waals surface area contributed by atoms with E-state index < -0.39 is 0 Å². The molecule has 0 radical (unpaired) electrons. The largest absolute Gasteiger partial charge is 0.315 e. The third kappa shape index (κ3) is 2.77. The zero-order valence-corrected chi connectivity index (χ0v) is 8.85. The highest BCUT2D eigenvalue weighted by Gasteiger charge is 2.26. The lowest BCUT2D eigenvalue weighted by molar-refractivity contribution is 0.225. The minimum atomic E-state index is 0. The second-order valence-electron chi connectivity index (χ2n) is 3.46. The monoisotopic (exact) mass is 212 g/mol. The summed E-state index contributed by atoms with van der Waals surface area (Å²) in [6.45, 7) is 3.68. The van der Waals surface area contributed by atoms with Gasteiger partial charge in [-0.15, -0.1) is 24.8 Å². The Balaban J connectivity index is 0.000000605. The second kappa shape index (κ2) is 6.03. The first-order chi connectivity index (χ1) is 4.97. The maximum atomic E-state index is 3.56. The fraction of sp³-hybridized carbons (Fsp3) is 1.00. The van der Waals surface area contributed by atoms with E-state index >= 15 is 0 Å². The van der Waals surface area contributed by atoms with Crippen LogP contribution in [0.2, 0.25) is 0 Å². The molecule has 0 aliphatic carbocycles. The Morgan fingerprint density at radius 1 is 1.00 bits per heavy atom. The summed E-state index contributed by atoms with van der Waals surface area (Å²) < 4.78 is 0. The molecule has 2 heterocycles. The van der Waals surface area contributed by atoms with Crippen LogP contribution >= 0.6 is 24.8 Å². The van der Waals surface area contributed by atoms with Crippen molar-refractivity contribution in [3.05, 3.63) is 0 Å². The number of hydrogen-bond acceptors (Lipinski definition) is 2. The number of fused-ring (bicyclic) bond motifs is 1. The molecule has 4 heteroatoms. The van der Waals surface area contributed by atoms with Gasteiger partial charge in [-0.3, -0.25) is 0 Å². The Bertz CT molecular complexity index is 95.6. The third-order valence-corrected chi connectivity index (χ3v) is 2.78. The normalized spacial score (nSPS) is 34.0. The van der Waals surface area contributed by atoms with Crippen LogP contribution in [0.4, 0.5) is 0 Å². The van der Waals surface area contributed by atoms with E-state index in [1.54, 1.807) is 0 Å². The number of hydrogen-bond donors (Lipinski definition) is 2. The summed E-state index contributed by atoms with van der Waals surface area (Å²) in [5.41, 5.74) is 0. The summed E-state index contributed by atoms with van der Waals surface area (Å²) >= 11 is 0. The molecule has 0 bridgehead atoms. The van der Waals surface area contributed by atoms with Gasteiger partial charge in [-0.1, -0.05) is 0 Å². The number of nitrogens with one attached hydrogen (secondary N) is 2. The predicted octanol–water partition coefficient (Wildman–Crippen LogP) is 1.19. The summed E-state index contributed by atoms with van der Waals surface area (Å²) in [4.78, 5) is 0. The molecule has 0 aromatic rings. The van der Waals surface area contributed by atoms with E-state index in [2.05, 4.69) is 10.6 Å². The molecule has 2 aliphatic rings. The molecule has 2 nitrogen and oxygen atoms in total. The smallest absolute Gasteiger partial charge is 0.0221 e. The van der Waals surface area contributed by atoms with Crippen molar-refractivity contribution >= 4 is 24.8 Å². The van der Waals surface area contributed by atoms with E-state index in [-0.39, 0.29) is 24.8 Å². The molecule has 2 N–H and O–H groups in total. The van der Waals surface area contributed by atoms with Crippen LogP contribution in [-0.4, -0.2) is 25.7 Å². The van der Waals surface area contributed by atoms with Gasteiger partial charge in [0, 0.05) is 12.6 Å². The molecule has 0 amide bonds. The Hall–Kier alpha value is 0.500. The Kier molecular flexibility index (Phi) is 6.28. The molecule has 0 saturated carbocycles. The van der Waals surface area contributed by atoms with Gasteiger partial charge in [0.1, 0.15) is 0 Å². The van der Waals surface area contributed by atoms with Crippen molar-refractivity contribution in [3.63, 3.8) is 0 Å². The fourth-order valence-electron chi connectivity index (χ4n) is 2.15. The van der Waals surface area contributed by atoms with Gasteiger partial charge in [-0.05, 0) is 38.3 Å². The van der Waals surface area contributed by atoms with Crippen LogP contribution in [0.1, 0.15) is 19.3 Å². The van der Waals surface area contributed by atoms with Crippen LogP contribution in [0.15, 0.2) is 0 Å². The van der Waals surface area contributed by atoms with Crippen molar-refractivity contribution in [1.82, 2.24) is 10.6 Å². The molecule has 12 heavy (non-hydrogen) atoms. The fourth-order valence-corrected chi connectivity index (χ4v) is 2.15. The molecule has 0 aromatic heterocycles. The Labute approximate surface area is 86.7 Å². The molecular weight excluding hydrogens is 195 g/mol. The summed E-state index contributed by atoms with van der Waals surface area (Å²) in [7, 11) is 0. The van der Waals surface area contributed by atoms with Gasteiger partial charge < -0.3 is 10.6 Å². The molecule has 2 saturated heterocycles. The first kappa shape index (κ1) is 12.5. The van der Waals surface area contributed by atoms with Gasteiger partial charge >= 0.3 is 0 Å². The molecule has 2 rings (SSSR count). The van der Waals surface area contributed by atoms with Crippen molar-refractivity contribution < 1.29 is 0 Å². The molecular formula is C8H18Cl2N2. The predicted molar refractivity (Wildman–Crippen MR) is 56.5 cm³/mol. The van der Waals surface area contributed by atoms with Crippen LogP contribution in [-0.2, 0) is 0 Å². The highest BCUT2D eigenvalue weighted by atomic mass is 35.5. The van der Waals surface area contributed by atoms with Gasteiger partial charge in [0.15, 0.2) is 0 Å². The zero-order valence-electron chi connectivity index (χ0n) is 7.21. The van der Waals surface area contributed by atoms with Crippen molar-refractivity contribution in [2.75, 3.05) is 19.6 Å². The van der Waals surface area contributed by atoms with Crippen LogP contribution in [0.25, 0.3) is 0 Å². The highest BCUT2D eigenvalue weighted by molar-refractivity contribution is 5.85. The summed E-state index contributed by atoms with van der Waals surface area (Å²) in [6, 6.07) is 0.794. The van der Waals surface area contributed by atoms with E-state index in [1.807, 2.05) is 0 Å². The van der Waals surface area contributed by atoms with Crippen LogP contribution in [0, 0.1) is 5.92 Å². The first-order valence-corrected chi connectivity index (χ1v) is 4.41. The lowest BCUT2D eigenvalue weighted by atomic mass is 9.86. The van der Waals surface area contributed by atoms with E-state index in [0.717, 1.165) is 12.0 Å². The first-order valence-electron chi connectivity index (χ1n) is 4.41. The van der Waals surface area contributed by atoms with E-state index in [9.17, 15) is 0 Å². The summed E-state index contributed by atoms with van der Waals surface area (Å²) in [5, 5.41) is 6.98. The van der Waals surface area contributed by atoms with Crippen molar-refractivity contribution in [1.29, 1.82) is 0 Å². The van der Waals surface area contributed by atoms with Crippen molar-refractivity contribution in [3.8, 4) is 0 Å². The third-order valence-electron chi connectivity index (χ3n) is 2.78. The van der Waals surface area contributed by atoms with Crippen LogP contribution in [0.3, 0.4) is 0 Å². The number of piperidine rings is 2. The van der Waals surface area contributed by atoms with E-state index in [0.29, 0.717) is 0 Å². The van der Waals surface area contributed by atoms with E-state index in [4.69, 9.17) is 0 Å². The molecule has 2 unspecified atom stereocenters. The number of halogens is 2. The zero-order chi connectivity index (χ0) is 6.81. The highest BCUT2D eigenvalue weighted by Crippen LogP contribution is 2.21. The Morgan fingerprint density at radius 2 is 1.83 bits per heavy atom. The maximum Gasteiger partial charge on any atom is 0.0221 e. The quantitative estimate of drug-likeness (QED) is 0.631. The van der Waals surface area contributed by atoms with Gasteiger partial charge in [0.2, 0.25) is 0 Å². The molecule has 2 aliphatic heterocycles. The minimum absolute atomic E-state index is 0. The average Bonchev–Trinajstić information content (AvgIpc) is 2.05. The Morgan fingerprint density at radius 3 is 2.58 bits per heavy atom. The van der Waals surface area contributed by atoms with Gasteiger partial charge in [0.25, 0.3) is 0 Å². The molecule has 0 aromatic carbocycles. The summed E-state index contributed by atoms with van der Waals surface area (Å²) in [5.74, 6) is 0.981. The maximum absolute atomic E-state index is 3.56. The standard InChI is InChI=1S/C8H16N2.2ClH/c1-2-7-3-5-9-6-8(7)10-4-1;;/h7-10H,1-6H2;2*1H. The second-order valence-corrected chi connectivity index (χ2v) is 3.46. The average molecular weight is 213 g/mol. The van der Waals surface area contributed by atoms with E-state index in [1.165, 1.54) is 38.9 Å². The van der Waals surface area contributed by atoms with Crippen molar-refractivity contribution in [2.24, 2.45) is 5.92 Å². The van der Waals surface area contributed by atoms with Crippen LogP contribution in [0.5, 0.6) is 0 Å². The molecule has 2 fully saturated rings. The molecule has 2 atom stereocenters. The lowest BCUT2D eigenvalue weighted by Gasteiger charge is -2.36. The van der Waals surface area contributed by atoms with Crippen molar-refractivity contribution in [2.45, 2.75) is 25.3 Å². The summed E-state index contributed by atoms with van der Waals surface area (Å²) in [6.07, 6.45) is 4.23. The SMILES string of the molecule is C1CNC2CNCCC2C1.Cl.Cl. The topological polar surface area (TPSA) is 24.1 Å². The van der Waals surface area contributed by atoms with Gasteiger partial charge in [-0.2, -0.15) is 0 Å². The lowest BCUT2D eigenvalue weighted by Crippen LogP contribution is -2.51. The molecule has 0 spiro atoms. The number of rotatable bonds is 0. The van der Waals surface area contributed by atoms with Gasteiger partial charge in [0.05, 0.1) is 0 Å².